The van der Waals surface area contributed by atoms with Gasteiger partial charge in [0.2, 0.25) is 0 Å². The molecule has 0 N–H and O–H groups in total. The number of amides is 1. The summed E-state index contributed by atoms with van der Waals surface area (Å²) >= 11 is 7.58. The fourth-order valence-electron chi connectivity index (χ4n) is 4.42. The van der Waals surface area contributed by atoms with Crippen LogP contribution in [0.5, 0.6) is 0 Å². The highest BCUT2D eigenvalue weighted by molar-refractivity contribution is 7.17. The largest absolute Gasteiger partial charge is 0.338 e. The molecule has 29 heavy (non-hydrogen) atoms. The Balaban J connectivity index is 1.49. The number of carbonyl (C=O) groups excluding carboxylic acids is 1. The van der Waals surface area contributed by atoms with Crippen molar-refractivity contribution in [1.82, 2.24) is 14.8 Å². The molecule has 2 saturated heterocycles. The Morgan fingerprint density at radius 1 is 1.14 bits per heavy atom. The Morgan fingerprint density at radius 2 is 1.83 bits per heavy atom. The average Bonchev–Trinajstić information content (AvgIpc) is 3.12. The maximum atomic E-state index is 14.4. The van der Waals surface area contributed by atoms with Crippen molar-refractivity contribution in [1.29, 1.82) is 0 Å². The first-order valence-electron chi connectivity index (χ1n) is 10.4. The number of hydrogen-bond donors (Lipinski definition) is 0. The highest BCUT2D eigenvalue weighted by Gasteiger charge is 2.30. The zero-order chi connectivity index (χ0) is 20.5. The van der Waals surface area contributed by atoms with E-state index in [0.717, 1.165) is 31.5 Å². The number of halogens is 2. The summed E-state index contributed by atoms with van der Waals surface area (Å²) in [5.74, 6) is -0.400. The quantitative estimate of drug-likeness (QED) is 0.655. The standard InChI is InChI=1S/C22H27ClFN3OS/c1-14-6-7-17(24)18(19(14)23)21-25-15(2)20(29-21)22(28)27-12-8-16(9-13-27)26-10-4-3-5-11-26/h6-7,16H,3-5,8-13H2,1-2H3. The predicted molar refractivity (Wildman–Crippen MR) is 116 cm³/mol. The molecule has 0 saturated carbocycles. The fraction of sp³-hybridized carbons (Fsp3) is 0.545. The van der Waals surface area contributed by atoms with Crippen molar-refractivity contribution in [2.45, 2.75) is 52.0 Å². The molecule has 2 fully saturated rings. The first-order chi connectivity index (χ1) is 14.0. The van der Waals surface area contributed by atoms with Crippen molar-refractivity contribution < 1.29 is 9.18 Å². The molecule has 0 radical (unpaired) electrons. The summed E-state index contributed by atoms with van der Waals surface area (Å²) in [5, 5.41) is 0.834. The van der Waals surface area contributed by atoms with Gasteiger partial charge in [-0.3, -0.25) is 4.79 Å². The lowest BCUT2D eigenvalue weighted by molar-refractivity contribution is 0.0593. The van der Waals surface area contributed by atoms with Crippen LogP contribution in [-0.4, -0.2) is 52.9 Å². The summed E-state index contributed by atoms with van der Waals surface area (Å²) in [5.41, 5.74) is 1.73. The van der Waals surface area contributed by atoms with E-state index in [4.69, 9.17) is 11.6 Å². The number of hydrogen-bond acceptors (Lipinski definition) is 4. The molecule has 7 heteroatoms. The lowest BCUT2D eigenvalue weighted by atomic mass is 10.00. The normalized spacial score (nSPS) is 19.0. The number of carbonyl (C=O) groups is 1. The number of thiazole rings is 1. The van der Waals surface area contributed by atoms with E-state index in [9.17, 15) is 9.18 Å². The molecule has 0 bridgehead atoms. The first kappa shape index (κ1) is 20.8. The van der Waals surface area contributed by atoms with E-state index >= 15 is 0 Å². The first-order valence-corrected chi connectivity index (χ1v) is 11.6. The summed E-state index contributed by atoms with van der Waals surface area (Å²) in [6.45, 7) is 7.58. The maximum absolute atomic E-state index is 14.4. The van der Waals surface area contributed by atoms with Crippen LogP contribution < -0.4 is 0 Å². The topological polar surface area (TPSA) is 36.4 Å². The Labute approximate surface area is 180 Å². The molecular weight excluding hydrogens is 409 g/mol. The zero-order valence-electron chi connectivity index (χ0n) is 17.0. The van der Waals surface area contributed by atoms with E-state index in [-0.39, 0.29) is 5.91 Å². The van der Waals surface area contributed by atoms with Gasteiger partial charge in [0, 0.05) is 19.1 Å². The number of rotatable bonds is 3. The van der Waals surface area contributed by atoms with Gasteiger partial charge >= 0.3 is 0 Å². The smallest absolute Gasteiger partial charge is 0.265 e. The number of nitrogens with zero attached hydrogens (tertiary/aromatic N) is 3. The van der Waals surface area contributed by atoms with Crippen molar-refractivity contribution >= 4 is 28.8 Å². The van der Waals surface area contributed by atoms with Gasteiger partial charge in [0.1, 0.15) is 15.7 Å². The fourth-order valence-corrected chi connectivity index (χ4v) is 5.80. The Morgan fingerprint density at radius 3 is 2.52 bits per heavy atom. The molecule has 0 atom stereocenters. The number of likely N-dealkylation sites (tertiary alicyclic amines) is 2. The second-order valence-electron chi connectivity index (χ2n) is 8.11. The van der Waals surface area contributed by atoms with Gasteiger partial charge in [-0.2, -0.15) is 0 Å². The third-order valence-electron chi connectivity index (χ3n) is 6.15. The number of piperidine rings is 2. The van der Waals surface area contributed by atoms with E-state index in [0.29, 0.717) is 32.2 Å². The Hall–Kier alpha value is -1.50. The predicted octanol–water partition coefficient (Wildman–Crippen LogP) is 5.31. The van der Waals surface area contributed by atoms with Crippen LogP contribution in [0.2, 0.25) is 5.02 Å². The van der Waals surface area contributed by atoms with Gasteiger partial charge < -0.3 is 9.80 Å². The third-order valence-corrected chi connectivity index (χ3v) is 7.80. The summed E-state index contributed by atoms with van der Waals surface area (Å²) < 4.78 is 14.4. The molecule has 1 aromatic carbocycles. The second kappa shape index (κ2) is 8.70. The summed E-state index contributed by atoms with van der Waals surface area (Å²) in [6, 6.07) is 3.65. The average molecular weight is 436 g/mol. The molecule has 4 rings (SSSR count). The van der Waals surface area contributed by atoms with Crippen LogP contribution in [0, 0.1) is 19.7 Å². The van der Waals surface area contributed by atoms with Crippen molar-refractivity contribution in [3.63, 3.8) is 0 Å². The molecule has 2 aliphatic heterocycles. The molecule has 0 aliphatic carbocycles. The van der Waals surface area contributed by atoms with E-state index in [1.165, 1.54) is 49.8 Å². The van der Waals surface area contributed by atoms with Crippen molar-refractivity contribution in [2.75, 3.05) is 26.2 Å². The van der Waals surface area contributed by atoms with Crippen molar-refractivity contribution in [3.8, 4) is 10.6 Å². The highest BCUT2D eigenvalue weighted by Crippen LogP contribution is 2.37. The van der Waals surface area contributed by atoms with Crippen LogP contribution in [-0.2, 0) is 0 Å². The van der Waals surface area contributed by atoms with E-state index in [1.807, 2.05) is 18.7 Å². The molecular formula is C22H27ClFN3OS. The van der Waals surface area contributed by atoms with Crippen LogP contribution in [0.3, 0.4) is 0 Å². The molecule has 1 amide bonds. The van der Waals surface area contributed by atoms with E-state index in [2.05, 4.69) is 9.88 Å². The van der Waals surface area contributed by atoms with Gasteiger partial charge in [-0.1, -0.05) is 24.1 Å². The van der Waals surface area contributed by atoms with Gasteiger partial charge in [-0.25, -0.2) is 9.37 Å². The second-order valence-corrected chi connectivity index (χ2v) is 9.48. The number of benzene rings is 1. The Bertz CT molecular complexity index is 902. The monoisotopic (exact) mass is 435 g/mol. The third kappa shape index (κ3) is 4.21. The molecule has 2 aliphatic rings. The minimum absolute atomic E-state index is 0.00697. The van der Waals surface area contributed by atoms with E-state index < -0.39 is 5.82 Å². The molecule has 0 unspecified atom stereocenters. The van der Waals surface area contributed by atoms with Gasteiger partial charge in [0.15, 0.2) is 0 Å². The number of aryl methyl sites for hydroxylation is 2. The molecule has 156 valence electrons. The summed E-state index contributed by atoms with van der Waals surface area (Å²) in [7, 11) is 0. The SMILES string of the molecule is Cc1ccc(F)c(-c2nc(C)c(C(=O)N3CCC(N4CCCCC4)CC3)s2)c1Cl. The van der Waals surface area contributed by atoms with Gasteiger partial charge in [-0.15, -0.1) is 11.3 Å². The highest BCUT2D eigenvalue weighted by atomic mass is 35.5. The van der Waals surface area contributed by atoms with Gasteiger partial charge in [0.25, 0.3) is 5.91 Å². The minimum Gasteiger partial charge on any atom is -0.338 e. The zero-order valence-corrected chi connectivity index (χ0v) is 18.6. The van der Waals surface area contributed by atoms with Crippen molar-refractivity contribution in [3.05, 3.63) is 39.1 Å². The van der Waals surface area contributed by atoms with Crippen LogP contribution in [0.4, 0.5) is 4.39 Å². The summed E-state index contributed by atoms with van der Waals surface area (Å²) in [4.78, 5) is 22.7. The summed E-state index contributed by atoms with van der Waals surface area (Å²) in [6.07, 6.45) is 5.97. The van der Waals surface area contributed by atoms with Crippen LogP contribution in [0.15, 0.2) is 12.1 Å². The molecule has 1 aromatic heterocycles. The molecule has 4 nitrogen and oxygen atoms in total. The van der Waals surface area contributed by atoms with E-state index in [1.54, 1.807) is 6.07 Å². The maximum Gasteiger partial charge on any atom is 0.265 e. The lowest BCUT2D eigenvalue weighted by Crippen LogP contribution is -2.48. The molecule has 3 heterocycles. The minimum atomic E-state index is -0.407. The van der Waals surface area contributed by atoms with Crippen LogP contribution >= 0.6 is 22.9 Å². The molecule has 2 aromatic rings. The Kier molecular flexibility index (Phi) is 6.23. The van der Waals surface area contributed by atoms with Gasteiger partial charge in [-0.05, 0) is 64.3 Å². The molecule has 0 spiro atoms. The van der Waals surface area contributed by atoms with Crippen LogP contribution in [0.1, 0.15) is 53.0 Å². The van der Waals surface area contributed by atoms with Gasteiger partial charge in [0.05, 0.1) is 16.3 Å². The number of aromatic nitrogens is 1. The lowest BCUT2D eigenvalue weighted by Gasteiger charge is -2.40. The van der Waals surface area contributed by atoms with Crippen molar-refractivity contribution in [2.24, 2.45) is 0 Å². The van der Waals surface area contributed by atoms with Crippen LogP contribution in [0.25, 0.3) is 10.6 Å².